The van der Waals surface area contributed by atoms with Crippen LogP contribution in [-0.2, 0) is 0 Å². The third kappa shape index (κ3) is 3.43. The van der Waals surface area contributed by atoms with Crippen molar-refractivity contribution in [1.82, 2.24) is 5.32 Å². The normalized spacial score (nSPS) is 17.4. The maximum Gasteiger partial charge on any atom is 0.319 e. The number of halogens is 1. The molecular weight excluding hydrogens is 235 g/mol. The van der Waals surface area contributed by atoms with Crippen molar-refractivity contribution in [2.45, 2.75) is 31.3 Å². The van der Waals surface area contributed by atoms with E-state index >= 15 is 0 Å². The number of hydrogen-bond acceptors (Lipinski definition) is 2. The van der Waals surface area contributed by atoms with E-state index in [2.05, 4.69) is 10.6 Å². The van der Waals surface area contributed by atoms with Gasteiger partial charge in [0.15, 0.2) is 0 Å². The van der Waals surface area contributed by atoms with Crippen LogP contribution in [0, 0.1) is 5.82 Å². The van der Waals surface area contributed by atoms with Crippen molar-refractivity contribution >= 4 is 11.7 Å². The van der Waals surface area contributed by atoms with E-state index in [1.54, 1.807) is 0 Å². The summed E-state index contributed by atoms with van der Waals surface area (Å²) >= 11 is 0. The number of aliphatic hydroxyl groups is 1. The van der Waals surface area contributed by atoms with Crippen molar-refractivity contribution in [1.29, 1.82) is 0 Å². The van der Waals surface area contributed by atoms with Crippen molar-refractivity contribution in [3.8, 4) is 0 Å². The zero-order valence-electron chi connectivity index (χ0n) is 10.1. The molecule has 1 aliphatic rings. The molecule has 0 saturated heterocycles. The average molecular weight is 252 g/mol. The van der Waals surface area contributed by atoms with Gasteiger partial charge in [-0.2, -0.15) is 0 Å². The van der Waals surface area contributed by atoms with Gasteiger partial charge in [-0.3, -0.25) is 0 Å². The summed E-state index contributed by atoms with van der Waals surface area (Å²) in [4.78, 5) is 11.6. The van der Waals surface area contributed by atoms with Gasteiger partial charge < -0.3 is 15.7 Å². The number of rotatable bonds is 3. The molecule has 1 fully saturated rings. The summed E-state index contributed by atoms with van der Waals surface area (Å²) in [6.45, 7) is 0.250. The largest absolute Gasteiger partial charge is 0.388 e. The van der Waals surface area contributed by atoms with Crippen molar-refractivity contribution in [3.05, 3.63) is 30.1 Å². The average Bonchev–Trinajstić information content (AvgIpc) is 2.78. The molecule has 0 atom stereocenters. The molecule has 18 heavy (non-hydrogen) atoms. The highest BCUT2D eigenvalue weighted by molar-refractivity contribution is 5.89. The SMILES string of the molecule is O=C(NCC1(O)CCCC1)Nc1ccc(F)cc1. The van der Waals surface area contributed by atoms with Crippen molar-refractivity contribution in [2.24, 2.45) is 0 Å². The minimum absolute atomic E-state index is 0.250. The zero-order chi connectivity index (χ0) is 13.0. The molecule has 0 heterocycles. The maximum absolute atomic E-state index is 12.7. The Morgan fingerprint density at radius 2 is 1.89 bits per heavy atom. The number of carbonyl (C=O) groups is 1. The van der Waals surface area contributed by atoms with Crippen molar-refractivity contribution in [3.63, 3.8) is 0 Å². The molecular formula is C13H17FN2O2. The fraction of sp³-hybridized carbons (Fsp3) is 0.462. The summed E-state index contributed by atoms with van der Waals surface area (Å²) in [5.74, 6) is -0.346. The highest BCUT2D eigenvalue weighted by atomic mass is 19.1. The third-order valence-electron chi connectivity index (χ3n) is 3.21. The minimum Gasteiger partial charge on any atom is -0.388 e. The van der Waals surface area contributed by atoms with E-state index in [-0.39, 0.29) is 18.4 Å². The summed E-state index contributed by atoms with van der Waals surface area (Å²) in [5.41, 5.74) is -0.243. The molecule has 2 rings (SSSR count). The molecule has 0 aliphatic heterocycles. The Morgan fingerprint density at radius 3 is 2.50 bits per heavy atom. The highest BCUT2D eigenvalue weighted by Gasteiger charge is 2.31. The second kappa shape index (κ2) is 5.35. The zero-order valence-corrected chi connectivity index (χ0v) is 10.1. The molecule has 3 N–H and O–H groups in total. The summed E-state index contributed by atoms with van der Waals surface area (Å²) in [6.07, 6.45) is 3.45. The Morgan fingerprint density at radius 1 is 1.28 bits per heavy atom. The molecule has 0 aromatic heterocycles. The first-order valence-electron chi connectivity index (χ1n) is 6.10. The number of nitrogens with one attached hydrogen (secondary N) is 2. The molecule has 1 aliphatic carbocycles. The summed E-state index contributed by atoms with van der Waals surface area (Å²) in [7, 11) is 0. The van der Waals surface area contributed by atoms with Crippen LogP contribution in [0.15, 0.2) is 24.3 Å². The number of hydrogen-bond donors (Lipinski definition) is 3. The van der Waals surface area contributed by atoms with E-state index in [0.717, 1.165) is 25.7 Å². The number of amides is 2. The number of urea groups is 1. The molecule has 98 valence electrons. The highest BCUT2D eigenvalue weighted by Crippen LogP contribution is 2.28. The molecule has 0 radical (unpaired) electrons. The fourth-order valence-electron chi connectivity index (χ4n) is 2.16. The van der Waals surface area contributed by atoms with Crippen LogP contribution in [0.5, 0.6) is 0 Å². The van der Waals surface area contributed by atoms with Gasteiger partial charge in [-0.15, -0.1) is 0 Å². The van der Waals surface area contributed by atoms with Gasteiger partial charge in [0.2, 0.25) is 0 Å². The van der Waals surface area contributed by atoms with Crippen LogP contribution in [0.25, 0.3) is 0 Å². The lowest BCUT2D eigenvalue weighted by Gasteiger charge is -2.22. The van der Waals surface area contributed by atoms with Crippen molar-refractivity contribution in [2.75, 3.05) is 11.9 Å². The van der Waals surface area contributed by atoms with Crippen LogP contribution in [-0.4, -0.2) is 23.3 Å². The first-order chi connectivity index (χ1) is 8.57. The van der Waals surface area contributed by atoms with E-state index in [1.807, 2.05) is 0 Å². The number of anilines is 1. The van der Waals surface area contributed by atoms with Crippen LogP contribution in [0.2, 0.25) is 0 Å². The predicted octanol–water partition coefficient (Wildman–Crippen LogP) is 2.25. The molecule has 1 aromatic rings. The van der Waals surface area contributed by atoms with E-state index in [0.29, 0.717) is 5.69 Å². The Balaban J connectivity index is 1.80. The Hall–Kier alpha value is -1.62. The second-order valence-electron chi connectivity index (χ2n) is 4.75. The van der Waals surface area contributed by atoms with Crippen LogP contribution in [0.4, 0.5) is 14.9 Å². The topological polar surface area (TPSA) is 61.4 Å². The number of benzene rings is 1. The van der Waals surface area contributed by atoms with Crippen LogP contribution >= 0.6 is 0 Å². The fourth-order valence-corrected chi connectivity index (χ4v) is 2.16. The lowest BCUT2D eigenvalue weighted by molar-refractivity contribution is 0.0506. The molecule has 4 nitrogen and oxygen atoms in total. The molecule has 5 heteroatoms. The lowest BCUT2D eigenvalue weighted by Crippen LogP contribution is -2.42. The smallest absolute Gasteiger partial charge is 0.319 e. The minimum atomic E-state index is -0.764. The first kappa shape index (κ1) is 12.8. The Kier molecular flexibility index (Phi) is 3.81. The lowest BCUT2D eigenvalue weighted by atomic mass is 10.0. The van der Waals surface area contributed by atoms with Crippen LogP contribution in [0.3, 0.4) is 0 Å². The van der Waals surface area contributed by atoms with E-state index < -0.39 is 5.60 Å². The van der Waals surface area contributed by atoms with Gasteiger partial charge in [-0.25, -0.2) is 9.18 Å². The summed E-state index contributed by atoms with van der Waals surface area (Å²) < 4.78 is 12.7. The first-order valence-corrected chi connectivity index (χ1v) is 6.10. The molecule has 0 spiro atoms. The molecule has 0 bridgehead atoms. The van der Waals surface area contributed by atoms with E-state index in [9.17, 15) is 14.3 Å². The quantitative estimate of drug-likeness (QED) is 0.772. The summed E-state index contributed by atoms with van der Waals surface area (Å²) in [6, 6.07) is 5.14. The third-order valence-corrected chi connectivity index (χ3v) is 3.21. The van der Waals surface area contributed by atoms with Gasteiger partial charge in [0.25, 0.3) is 0 Å². The van der Waals surface area contributed by atoms with E-state index in [4.69, 9.17) is 0 Å². The van der Waals surface area contributed by atoms with Gasteiger partial charge in [-0.1, -0.05) is 12.8 Å². The summed E-state index contributed by atoms with van der Waals surface area (Å²) in [5, 5.41) is 15.3. The Bertz CT molecular complexity index is 414. The standard InChI is InChI=1S/C13H17FN2O2/c14-10-3-5-11(6-4-10)16-12(17)15-9-13(18)7-1-2-8-13/h3-6,18H,1-2,7-9H2,(H2,15,16,17). The Labute approximate surface area is 105 Å². The molecule has 1 saturated carbocycles. The van der Waals surface area contributed by atoms with Crippen LogP contribution in [0.1, 0.15) is 25.7 Å². The molecule has 1 aromatic carbocycles. The molecule has 0 unspecified atom stereocenters. The van der Waals surface area contributed by atoms with Crippen LogP contribution < -0.4 is 10.6 Å². The van der Waals surface area contributed by atoms with Gasteiger partial charge in [0.05, 0.1) is 5.60 Å². The second-order valence-corrected chi connectivity index (χ2v) is 4.75. The van der Waals surface area contributed by atoms with Gasteiger partial charge >= 0.3 is 6.03 Å². The monoisotopic (exact) mass is 252 g/mol. The van der Waals surface area contributed by atoms with Gasteiger partial charge in [0.1, 0.15) is 5.82 Å². The number of carbonyl (C=O) groups excluding carboxylic acids is 1. The van der Waals surface area contributed by atoms with Crippen molar-refractivity contribution < 1.29 is 14.3 Å². The van der Waals surface area contributed by atoms with Gasteiger partial charge in [-0.05, 0) is 37.1 Å². The van der Waals surface area contributed by atoms with Gasteiger partial charge in [0, 0.05) is 12.2 Å². The maximum atomic E-state index is 12.7. The van der Waals surface area contributed by atoms with E-state index in [1.165, 1.54) is 24.3 Å². The predicted molar refractivity (Wildman–Crippen MR) is 66.8 cm³/mol. The molecule has 2 amide bonds.